The van der Waals surface area contributed by atoms with Crippen LogP contribution in [0.25, 0.3) is 0 Å². The number of rotatable bonds is 1. The van der Waals surface area contributed by atoms with E-state index in [0.717, 1.165) is 5.75 Å². The first kappa shape index (κ1) is 8.84. The molecule has 0 rings (SSSR count). The Balaban J connectivity index is 0. The van der Waals surface area contributed by atoms with Gasteiger partial charge in [-0.05, 0) is 6.26 Å². The molecular formula is C3H7RfS-. The molecule has 0 aliphatic heterocycles. The van der Waals surface area contributed by atoms with Crippen molar-refractivity contribution in [3.05, 3.63) is 6.92 Å². The van der Waals surface area contributed by atoms with E-state index >= 15 is 0 Å². The molecular weight excluding hydrogens is 335 g/mol. The van der Waals surface area contributed by atoms with Crippen molar-refractivity contribution in [2.24, 2.45) is 0 Å². The maximum absolute atomic E-state index is 3.57. The van der Waals surface area contributed by atoms with Crippen molar-refractivity contribution >= 4 is 11.8 Å². The summed E-state index contributed by atoms with van der Waals surface area (Å²) in [5, 5.41) is 0. The summed E-state index contributed by atoms with van der Waals surface area (Å²) in [5.41, 5.74) is 0. The number of thioether (sulfide) groups is 1. The van der Waals surface area contributed by atoms with Crippen LogP contribution in [0.3, 0.4) is 0 Å². The molecule has 5 heavy (non-hydrogen) atoms. The van der Waals surface area contributed by atoms with E-state index in [0.29, 0.717) is 0 Å². The molecule has 0 aliphatic rings. The zero-order chi connectivity index (χ0) is 3.41. The van der Waals surface area contributed by atoms with Gasteiger partial charge < -0.3 is 6.92 Å². The predicted octanol–water partition coefficient (Wildman–Crippen LogP) is 1.18. The molecule has 0 saturated carbocycles. The molecule has 0 spiro atoms. The van der Waals surface area contributed by atoms with Crippen LogP contribution in [0.4, 0.5) is 0 Å². The monoisotopic (exact) mass is 342 g/mol. The summed E-state index contributed by atoms with van der Waals surface area (Å²) in [6, 6.07) is 0. The molecule has 0 N–H and O–H groups in total. The molecule has 0 aromatic carbocycles. The summed E-state index contributed by atoms with van der Waals surface area (Å²) in [4.78, 5) is 0. The minimum atomic E-state index is 0. The molecule has 0 atom stereocenters. The molecule has 0 radical (unpaired) electrons. The summed E-state index contributed by atoms with van der Waals surface area (Å²) in [6.07, 6.45) is 2.03. The third kappa shape index (κ3) is 49.8. The van der Waals surface area contributed by atoms with E-state index in [2.05, 4.69) is 6.92 Å². The molecule has 0 aromatic rings. The summed E-state index contributed by atoms with van der Waals surface area (Å²) in [5.74, 6) is 0.986. The number of hydrogen-bond acceptors (Lipinski definition) is 1. The molecule has 0 saturated heterocycles. The third-order valence-corrected chi connectivity index (χ3v) is 0.612. The molecule has 0 unspecified atom stereocenters. The van der Waals surface area contributed by atoms with E-state index in [1.807, 2.05) is 6.26 Å². The standard InChI is InChI=1S/C3H7S.Rf/c1-3-4-2;/h1,3H2,2H3;/q-1;. The van der Waals surface area contributed by atoms with Crippen molar-refractivity contribution in [2.75, 3.05) is 12.0 Å². The third-order valence-electron chi connectivity index (χ3n) is 0.204. The summed E-state index contributed by atoms with van der Waals surface area (Å²) >= 11 is 1.75. The van der Waals surface area contributed by atoms with Gasteiger partial charge in [-0.15, -0.1) is 5.75 Å². The van der Waals surface area contributed by atoms with Gasteiger partial charge in [0, 0.05) is 0 Å². The van der Waals surface area contributed by atoms with E-state index < -0.39 is 0 Å². The van der Waals surface area contributed by atoms with E-state index in [1.54, 1.807) is 11.8 Å². The number of hydrogen-bond donors (Lipinski definition) is 0. The van der Waals surface area contributed by atoms with Gasteiger partial charge in [-0.1, -0.05) is 0 Å². The van der Waals surface area contributed by atoms with Crippen LogP contribution in [0.5, 0.6) is 0 Å². The zero-order valence-electron chi connectivity index (χ0n) is 3.53. The summed E-state index contributed by atoms with van der Waals surface area (Å²) < 4.78 is 0. The van der Waals surface area contributed by atoms with Gasteiger partial charge in [-0.2, -0.15) is 11.8 Å². The van der Waals surface area contributed by atoms with Crippen LogP contribution < -0.4 is 0 Å². The second kappa shape index (κ2) is 10.2. The van der Waals surface area contributed by atoms with Gasteiger partial charge in [-0.25, -0.2) is 0 Å². The minimum absolute atomic E-state index is 0. The van der Waals surface area contributed by atoms with Crippen LogP contribution in [-0.4, -0.2) is 12.0 Å². The Kier molecular flexibility index (Phi) is 17.9. The SMILES string of the molecule is [CH2-]CSC.[Rf]. The van der Waals surface area contributed by atoms with Crippen molar-refractivity contribution in [3.8, 4) is 0 Å². The smallest absolute Gasteiger partial charge is 0 e. The summed E-state index contributed by atoms with van der Waals surface area (Å²) in [6.45, 7) is 3.57. The Labute approximate surface area is 31.6 Å². The van der Waals surface area contributed by atoms with Gasteiger partial charge in [0.25, 0.3) is 0 Å². The van der Waals surface area contributed by atoms with Crippen molar-refractivity contribution < 1.29 is 0 Å². The first-order valence-corrected chi connectivity index (χ1v) is 2.59. The van der Waals surface area contributed by atoms with Crippen LogP contribution in [0.1, 0.15) is 0 Å². The normalized spacial score (nSPS) is 6.00. The Bertz CT molecular complexity index is 8.85. The first-order chi connectivity index (χ1) is 1.91. The largest absolute Gasteiger partial charge is 0.334 e. The zero-order valence-corrected chi connectivity index (χ0v) is 10.7. The molecule has 0 bridgehead atoms. The van der Waals surface area contributed by atoms with E-state index in [4.69, 9.17) is 0 Å². The van der Waals surface area contributed by atoms with Gasteiger partial charge in [0.15, 0.2) is 0 Å². The molecule has 2 heteroatoms. The Hall–Kier alpha value is -0.650. The van der Waals surface area contributed by atoms with Crippen molar-refractivity contribution in [1.82, 2.24) is 0 Å². The van der Waals surface area contributed by atoms with Crippen LogP contribution in [-0.2, 0) is 0 Å². The van der Waals surface area contributed by atoms with Crippen LogP contribution >= 0.6 is 11.8 Å². The molecule has 28 valence electrons. The van der Waals surface area contributed by atoms with Gasteiger partial charge >= 0.3 is 0 Å². The van der Waals surface area contributed by atoms with Gasteiger partial charge in [0.2, 0.25) is 0 Å². The predicted molar refractivity (Wildman–Crippen MR) is 23.7 cm³/mol. The molecule has 0 aromatic heterocycles. The second-order valence-corrected chi connectivity index (χ2v) is 1.48. The van der Waals surface area contributed by atoms with Crippen molar-refractivity contribution in [3.63, 3.8) is 0 Å². The van der Waals surface area contributed by atoms with Crippen molar-refractivity contribution in [2.45, 2.75) is 0 Å². The van der Waals surface area contributed by atoms with Crippen LogP contribution in [0.2, 0.25) is 0 Å². The fourth-order valence-corrected chi connectivity index (χ4v) is 0. The quantitative estimate of drug-likeness (QED) is 0.645. The van der Waals surface area contributed by atoms with E-state index in [1.165, 1.54) is 0 Å². The topological polar surface area (TPSA) is 0 Å². The minimum Gasteiger partial charge on any atom is -0.334 e. The average molecular weight is 342 g/mol. The average Bonchev–Trinajstić information content (AvgIpc) is 1.37. The van der Waals surface area contributed by atoms with E-state index in [-0.39, 0.29) is 0 Å². The first-order valence-electron chi connectivity index (χ1n) is 1.20. The maximum atomic E-state index is 3.57. The van der Waals surface area contributed by atoms with Gasteiger partial charge in [0.05, 0.1) is 0 Å². The molecule has 0 amide bonds. The van der Waals surface area contributed by atoms with Crippen molar-refractivity contribution in [1.29, 1.82) is 0 Å². The molecule has 0 nitrogen and oxygen atoms in total. The molecule has 0 aliphatic carbocycles. The van der Waals surface area contributed by atoms with Gasteiger partial charge in [0.1, 0.15) is 0 Å². The van der Waals surface area contributed by atoms with Gasteiger partial charge in [-0.3, -0.25) is 0 Å². The molecule has 0 heterocycles. The summed E-state index contributed by atoms with van der Waals surface area (Å²) in [7, 11) is 0. The maximum Gasteiger partial charge on any atom is 0 e. The fourth-order valence-electron chi connectivity index (χ4n) is 0. The van der Waals surface area contributed by atoms with Crippen LogP contribution in [0, 0.1) is 6.92 Å². The Morgan fingerprint density at radius 3 is 2.00 bits per heavy atom. The Morgan fingerprint density at radius 2 is 2.00 bits per heavy atom. The second-order valence-electron chi connectivity index (χ2n) is 0.493. The van der Waals surface area contributed by atoms with E-state index in [9.17, 15) is 0 Å². The Morgan fingerprint density at radius 1 is 1.80 bits per heavy atom. The van der Waals surface area contributed by atoms with Crippen LogP contribution in [0.15, 0.2) is 0 Å². The molecule has 0 fully saturated rings. The fraction of sp³-hybridized carbons (Fsp3) is 0.667.